The Balaban J connectivity index is 1.65. The minimum atomic E-state index is -0.468. The van der Waals surface area contributed by atoms with Crippen molar-refractivity contribution in [1.82, 2.24) is 19.6 Å². The number of hydrogen-bond acceptors (Lipinski definition) is 5. The van der Waals surface area contributed by atoms with Crippen molar-refractivity contribution in [3.63, 3.8) is 0 Å². The van der Waals surface area contributed by atoms with Crippen LogP contribution in [0.1, 0.15) is 17.0 Å². The van der Waals surface area contributed by atoms with E-state index in [9.17, 15) is 9.18 Å². The molecule has 0 bridgehead atoms. The number of rotatable bonds is 4. The number of thiophene rings is 1. The molecule has 4 rings (SSSR count). The molecule has 0 fully saturated rings. The van der Waals surface area contributed by atoms with Gasteiger partial charge in [-0.15, -0.1) is 16.4 Å². The van der Waals surface area contributed by atoms with Gasteiger partial charge in [0.1, 0.15) is 5.82 Å². The van der Waals surface area contributed by atoms with E-state index < -0.39 is 5.82 Å². The molecule has 1 aromatic carbocycles. The van der Waals surface area contributed by atoms with Crippen molar-refractivity contribution >= 4 is 28.7 Å². The number of amides is 1. The predicted octanol–water partition coefficient (Wildman–Crippen LogP) is 3.79. The number of nitrogens with zero attached hydrogens (tertiary/aromatic N) is 4. The molecule has 0 aliphatic heterocycles. The van der Waals surface area contributed by atoms with Crippen LogP contribution in [0.15, 0.2) is 41.8 Å². The van der Waals surface area contributed by atoms with Crippen molar-refractivity contribution in [2.24, 2.45) is 0 Å². The van der Waals surface area contributed by atoms with Crippen molar-refractivity contribution in [2.75, 3.05) is 5.32 Å². The lowest BCUT2D eigenvalue weighted by atomic mass is 10.1. The third-order valence-electron chi connectivity index (χ3n) is 4.28. The number of carbonyl (C=O) groups is 1. The highest BCUT2D eigenvalue weighted by molar-refractivity contribution is 7.13. The molecule has 0 atom stereocenters. The number of fused-ring (bicyclic) bond motifs is 1. The van der Waals surface area contributed by atoms with Crippen LogP contribution in [0.4, 0.5) is 10.1 Å². The summed E-state index contributed by atoms with van der Waals surface area (Å²) in [5.74, 6) is 0.315. The maximum atomic E-state index is 13.7. The molecular weight excluding hydrogens is 365 g/mol. The molecule has 0 unspecified atom stereocenters. The van der Waals surface area contributed by atoms with E-state index in [2.05, 4.69) is 20.4 Å². The summed E-state index contributed by atoms with van der Waals surface area (Å²) < 4.78 is 15.4. The van der Waals surface area contributed by atoms with Crippen molar-refractivity contribution < 1.29 is 9.18 Å². The summed E-state index contributed by atoms with van der Waals surface area (Å²) in [6.45, 7) is 3.71. The predicted molar refractivity (Wildman–Crippen MR) is 102 cm³/mol. The van der Waals surface area contributed by atoms with Gasteiger partial charge in [-0.25, -0.2) is 13.9 Å². The van der Waals surface area contributed by atoms with Gasteiger partial charge in [0.2, 0.25) is 5.91 Å². The Morgan fingerprint density at radius 3 is 2.74 bits per heavy atom. The van der Waals surface area contributed by atoms with Gasteiger partial charge in [0.05, 0.1) is 17.0 Å². The van der Waals surface area contributed by atoms with E-state index in [0.717, 1.165) is 16.1 Å². The highest BCUT2D eigenvalue weighted by atomic mass is 32.1. The molecule has 27 heavy (non-hydrogen) atoms. The molecule has 1 amide bonds. The van der Waals surface area contributed by atoms with Crippen LogP contribution >= 0.6 is 11.3 Å². The summed E-state index contributed by atoms with van der Waals surface area (Å²) >= 11 is 1.55. The molecule has 0 aliphatic rings. The molecule has 4 aromatic rings. The molecule has 3 aromatic heterocycles. The molecule has 136 valence electrons. The van der Waals surface area contributed by atoms with Gasteiger partial charge in [0.25, 0.3) is 5.78 Å². The summed E-state index contributed by atoms with van der Waals surface area (Å²) in [6.07, 6.45) is 0.0726. The van der Waals surface area contributed by atoms with Gasteiger partial charge in [0, 0.05) is 17.0 Å². The fraction of sp³-hybridized carbons (Fsp3) is 0.158. The minimum Gasteiger partial charge on any atom is -0.323 e. The SMILES string of the molecule is Cc1nc2nc(-c3cccs3)nn2c(C)c1CC(=O)Nc1ccccc1F. The molecule has 0 spiro atoms. The van der Waals surface area contributed by atoms with Gasteiger partial charge in [0.15, 0.2) is 5.82 Å². The summed E-state index contributed by atoms with van der Waals surface area (Å²) in [6, 6.07) is 9.97. The smallest absolute Gasteiger partial charge is 0.253 e. The van der Waals surface area contributed by atoms with Crippen LogP contribution in [0.25, 0.3) is 16.5 Å². The fourth-order valence-electron chi connectivity index (χ4n) is 2.89. The molecule has 3 heterocycles. The number of nitrogens with one attached hydrogen (secondary N) is 1. The summed E-state index contributed by atoms with van der Waals surface area (Å²) in [7, 11) is 0. The van der Waals surface area contributed by atoms with Gasteiger partial charge in [-0.3, -0.25) is 4.79 Å². The minimum absolute atomic E-state index is 0.0726. The number of anilines is 1. The van der Waals surface area contributed by atoms with Gasteiger partial charge in [-0.05, 0) is 37.4 Å². The standard InChI is InChI=1S/C19H16FN5OS/c1-11-13(10-17(26)22-15-7-4-3-6-14(15)20)12(2)25-19(21-11)23-18(24-25)16-8-5-9-27-16/h3-9H,10H2,1-2H3,(H,22,26). The van der Waals surface area contributed by atoms with Crippen LogP contribution in [-0.4, -0.2) is 25.5 Å². The summed E-state index contributed by atoms with van der Waals surface area (Å²) in [5.41, 5.74) is 2.40. The molecule has 8 heteroatoms. The van der Waals surface area contributed by atoms with Gasteiger partial charge >= 0.3 is 0 Å². The van der Waals surface area contributed by atoms with Gasteiger partial charge in [-0.1, -0.05) is 18.2 Å². The Morgan fingerprint density at radius 1 is 1.19 bits per heavy atom. The number of halogens is 1. The fourth-order valence-corrected chi connectivity index (χ4v) is 3.54. The summed E-state index contributed by atoms with van der Waals surface area (Å²) in [4.78, 5) is 22.3. The van der Waals surface area contributed by atoms with E-state index in [4.69, 9.17) is 0 Å². The van der Waals surface area contributed by atoms with Crippen LogP contribution in [0.2, 0.25) is 0 Å². The third kappa shape index (κ3) is 3.31. The van der Waals surface area contributed by atoms with E-state index in [1.54, 1.807) is 28.0 Å². The molecular formula is C19H16FN5OS. The zero-order valence-electron chi connectivity index (χ0n) is 14.7. The third-order valence-corrected chi connectivity index (χ3v) is 5.14. The first-order chi connectivity index (χ1) is 13.0. The average molecular weight is 381 g/mol. The first-order valence-electron chi connectivity index (χ1n) is 8.34. The first kappa shape index (κ1) is 17.3. The number of para-hydroxylation sites is 1. The number of benzene rings is 1. The molecule has 0 radical (unpaired) electrons. The maximum absolute atomic E-state index is 13.7. The van der Waals surface area contributed by atoms with Crippen LogP contribution in [0, 0.1) is 19.7 Å². The lowest BCUT2D eigenvalue weighted by Gasteiger charge is -2.11. The Labute approximate surface area is 158 Å². The maximum Gasteiger partial charge on any atom is 0.253 e. The van der Waals surface area contributed by atoms with E-state index in [1.807, 2.05) is 31.4 Å². The van der Waals surface area contributed by atoms with E-state index in [1.165, 1.54) is 12.1 Å². The first-order valence-corrected chi connectivity index (χ1v) is 9.22. The Kier molecular flexibility index (Phi) is 4.41. The van der Waals surface area contributed by atoms with Crippen LogP contribution in [0.3, 0.4) is 0 Å². The molecule has 0 aliphatic carbocycles. The number of aryl methyl sites for hydroxylation is 2. The Hall–Kier alpha value is -3.13. The van der Waals surface area contributed by atoms with E-state index >= 15 is 0 Å². The second kappa shape index (κ2) is 6.88. The highest BCUT2D eigenvalue weighted by Gasteiger charge is 2.17. The summed E-state index contributed by atoms with van der Waals surface area (Å²) in [5, 5.41) is 9.09. The molecule has 6 nitrogen and oxygen atoms in total. The largest absolute Gasteiger partial charge is 0.323 e. The van der Waals surface area contributed by atoms with Crippen LogP contribution in [-0.2, 0) is 11.2 Å². The second-order valence-corrected chi connectivity index (χ2v) is 7.04. The molecule has 0 saturated carbocycles. The van der Waals surface area contributed by atoms with Crippen LogP contribution in [0.5, 0.6) is 0 Å². The van der Waals surface area contributed by atoms with Gasteiger partial charge < -0.3 is 5.32 Å². The van der Waals surface area contributed by atoms with E-state index in [0.29, 0.717) is 17.3 Å². The average Bonchev–Trinajstić information content (AvgIpc) is 3.30. The van der Waals surface area contributed by atoms with Crippen molar-refractivity contribution in [2.45, 2.75) is 20.3 Å². The molecule has 0 saturated heterocycles. The van der Waals surface area contributed by atoms with Crippen molar-refractivity contribution in [3.05, 3.63) is 64.5 Å². The highest BCUT2D eigenvalue weighted by Crippen LogP contribution is 2.23. The van der Waals surface area contributed by atoms with Gasteiger partial charge in [-0.2, -0.15) is 4.98 Å². The topological polar surface area (TPSA) is 72.2 Å². The molecule has 1 N–H and O–H groups in total. The Morgan fingerprint density at radius 2 is 2.00 bits per heavy atom. The van der Waals surface area contributed by atoms with Crippen molar-refractivity contribution in [3.8, 4) is 10.7 Å². The number of carbonyl (C=O) groups excluding carboxylic acids is 1. The zero-order valence-corrected chi connectivity index (χ0v) is 15.5. The lowest BCUT2D eigenvalue weighted by Crippen LogP contribution is -2.18. The van der Waals surface area contributed by atoms with E-state index in [-0.39, 0.29) is 18.0 Å². The second-order valence-electron chi connectivity index (χ2n) is 6.09. The monoisotopic (exact) mass is 381 g/mol. The Bertz CT molecular complexity index is 1140. The zero-order chi connectivity index (χ0) is 19.0. The quantitative estimate of drug-likeness (QED) is 0.584. The lowest BCUT2D eigenvalue weighted by molar-refractivity contribution is -0.115. The number of hydrogen-bond donors (Lipinski definition) is 1. The van der Waals surface area contributed by atoms with Crippen LogP contribution < -0.4 is 5.32 Å². The normalized spacial score (nSPS) is 11.1. The number of aromatic nitrogens is 4. The van der Waals surface area contributed by atoms with Crippen molar-refractivity contribution in [1.29, 1.82) is 0 Å².